The summed E-state index contributed by atoms with van der Waals surface area (Å²) in [6.45, 7) is 4.96. The molecule has 0 aromatic heterocycles. The number of hydrogen-bond donors (Lipinski definition) is 1. The van der Waals surface area contributed by atoms with E-state index in [-0.39, 0.29) is 17.3 Å². The molecule has 1 aliphatic heterocycles. The standard InChI is InChI=1S/C18H27N3O4S/c1-25-13-8-19-26(23,24)17-6-4-16(5-7-17)18(22)21-11-9-20(10-12-21)14-15-2-3-15/h4-7,15,19H,2-3,8-14H2,1H3. The summed E-state index contributed by atoms with van der Waals surface area (Å²) in [5, 5.41) is 0. The SMILES string of the molecule is COCCNS(=O)(=O)c1ccc(C(=O)N2CCN(CC3CC3)CC2)cc1. The average molecular weight is 381 g/mol. The molecule has 0 radical (unpaired) electrons. The van der Waals surface area contributed by atoms with Crippen molar-refractivity contribution < 1.29 is 17.9 Å². The fourth-order valence-electron chi connectivity index (χ4n) is 3.12. The van der Waals surface area contributed by atoms with Gasteiger partial charge < -0.3 is 9.64 Å². The van der Waals surface area contributed by atoms with Crippen molar-refractivity contribution in [3.8, 4) is 0 Å². The molecule has 0 spiro atoms. The van der Waals surface area contributed by atoms with E-state index in [4.69, 9.17) is 4.74 Å². The molecule has 1 saturated heterocycles. The van der Waals surface area contributed by atoms with Crippen LogP contribution in [0.15, 0.2) is 29.2 Å². The Balaban J connectivity index is 1.55. The highest BCUT2D eigenvalue weighted by atomic mass is 32.2. The van der Waals surface area contributed by atoms with Crippen LogP contribution in [0.5, 0.6) is 0 Å². The van der Waals surface area contributed by atoms with Crippen molar-refractivity contribution in [2.75, 3.05) is 53.0 Å². The molecule has 2 aliphatic rings. The molecule has 1 heterocycles. The van der Waals surface area contributed by atoms with Gasteiger partial charge in [-0.05, 0) is 43.0 Å². The quantitative estimate of drug-likeness (QED) is 0.673. The first-order chi connectivity index (χ1) is 12.5. The van der Waals surface area contributed by atoms with Crippen molar-refractivity contribution in [2.45, 2.75) is 17.7 Å². The highest BCUT2D eigenvalue weighted by Crippen LogP contribution is 2.30. The summed E-state index contributed by atoms with van der Waals surface area (Å²) in [7, 11) is -2.06. The Kier molecular flexibility index (Phi) is 6.29. The maximum absolute atomic E-state index is 12.6. The Morgan fingerprint density at radius 3 is 2.38 bits per heavy atom. The molecule has 1 aliphatic carbocycles. The number of rotatable bonds is 8. The maximum Gasteiger partial charge on any atom is 0.253 e. The highest BCUT2D eigenvalue weighted by Gasteiger charge is 2.28. The third-order valence-corrected chi connectivity index (χ3v) is 6.36. The van der Waals surface area contributed by atoms with E-state index in [0.29, 0.717) is 12.2 Å². The van der Waals surface area contributed by atoms with Crippen LogP contribution < -0.4 is 4.72 Å². The van der Waals surface area contributed by atoms with Crippen LogP contribution in [0.4, 0.5) is 0 Å². The van der Waals surface area contributed by atoms with Crippen molar-refractivity contribution in [2.24, 2.45) is 5.92 Å². The summed E-state index contributed by atoms with van der Waals surface area (Å²) >= 11 is 0. The van der Waals surface area contributed by atoms with Crippen LogP contribution in [0.25, 0.3) is 0 Å². The van der Waals surface area contributed by atoms with E-state index < -0.39 is 10.0 Å². The van der Waals surface area contributed by atoms with Gasteiger partial charge in [0.2, 0.25) is 10.0 Å². The van der Waals surface area contributed by atoms with E-state index in [2.05, 4.69) is 9.62 Å². The van der Waals surface area contributed by atoms with Gasteiger partial charge in [-0.15, -0.1) is 0 Å². The van der Waals surface area contributed by atoms with E-state index in [1.165, 1.54) is 32.1 Å². The normalized spacial score (nSPS) is 18.9. The van der Waals surface area contributed by atoms with Gasteiger partial charge in [0.15, 0.2) is 0 Å². The highest BCUT2D eigenvalue weighted by molar-refractivity contribution is 7.89. The fourth-order valence-corrected chi connectivity index (χ4v) is 4.13. The molecule has 3 rings (SSSR count). The van der Waals surface area contributed by atoms with Crippen molar-refractivity contribution in [3.63, 3.8) is 0 Å². The molecule has 1 aromatic carbocycles. The second-order valence-electron chi connectivity index (χ2n) is 6.95. The van der Waals surface area contributed by atoms with E-state index in [0.717, 1.165) is 38.6 Å². The van der Waals surface area contributed by atoms with Gasteiger partial charge in [-0.1, -0.05) is 0 Å². The van der Waals surface area contributed by atoms with Gasteiger partial charge in [-0.3, -0.25) is 9.69 Å². The molecule has 0 atom stereocenters. The van der Waals surface area contributed by atoms with Crippen molar-refractivity contribution >= 4 is 15.9 Å². The first-order valence-electron chi connectivity index (χ1n) is 9.10. The molecule has 0 unspecified atom stereocenters. The van der Waals surface area contributed by atoms with Crippen LogP contribution in [0, 0.1) is 5.92 Å². The molecule has 2 fully saturated rings. The Bertz CT molecular complexity index is 708. The zero-order chi connectivity index (χ0) is 18.6. The molecule has 1 saturated carbocycles. The number of nitrogens with zero attached hydrogens (tertiary/aromatic N) is 2. The summed E-state index contributed by atoms with van der Waals surface area (Å²) in [5.41, 5.74) is 0.525. The first-order valence-corrected chi connectivity index (χ1v) is 10.6. The summed E-state index contributed by atoms with van der Waals surface area (Å²) in [4.78, 5) is 17.1. The monoisotopic (exact) mass is 381 g/mol. The number of nitrogens with one attached hydrogen (secondary N) is 1. The smallest absolute Gasteiger partial charge is 0.253 e. The lowest BCUT2D eigenvalue weighted by atomic mass is 10.2. The molecule has 0 bridgehead atoms. The van der Waals surface area contributed by atoms with Gasteiger partial charge in [-0.2, -0.15) is 0 Å². The summed E-state index contributed by atoms with van der Waals surface area (Å²) in [5.74, 6) is 0.830. The van der Waals surface area contributed by atoms with Crippen LogP contribution >= 0.6 is 0 Å². The molecule has 26 heavy (non-hydrogen) atoms. The van der Waals surface area contributed by atoms with Gasteiger partial charge in [0.05, 0.1) is 11.5 Å². The third kappa shape index (κ3) is 5.03. The Morgan fingerprint density at radius 1 is 1.15 bits per heavy atom. The van der Waals surface area contributed by atoms with Gasteiger partial charge in [0, 0.05) is 51.9 Å². The van der Waals surface area contributed by atoms with Crippen LogP contribution in [0.1, 0.15) is 23.2 Å². The van der Waals surface area contributed by atoms with Gasteiger partial charge in [0.25, 0.3) is 5.91 Å². The summed E-state index contributed by atoms with van der Waals surface area (Å²) in [6, 6.07) is 6.13. The Morgan fingerprint density at radius 2 is 1.81 bits per heavy atom. The topological polar surface area (TPSA) is 78.9 Å². The van der Waals surface area contributed by atoms with Gasteiger partial charge in [0.1, 0.15) is 0 Å². The Hall–Kier alpha value is -1.48. The number of piperazine rings is 1. The number of methoxy groups -OCH3 is 1. The van der Waals surface area contributed by atoms with E-state index in [1.54, 1.807) is 12.1 Å². The average Bonchev–Trinajstić information content (AvgIpc) is 3.46. The van der Waals surface area contributed by atoms with Gasteiger partial charge in [-0.25, -0.2) is 13.1 Å². The zero-order valence-electron chi connectivity index (χ0n) is 15.2. The predicted octanol–water partition coefficient (Wildman–Crippen LogP) is 0.779. The number of hydrogen-bond acceptors (Lipinski definition) is 5. The number of amides is 1. The molecule has 8 heteroatoms. The minimum absolute atomic E-state index is 0.0348. The van der Waals surface area contributed by atoms with E-state index in [9.17, 15) is 13.2 Å². The van der Waals surface area contributed by atoms with Crippen LogP contribution in [0.2, 0.25) is 0 Å². The van der Waals surface area contributed by atoms with Crippen LogP contribution in [-0.4, -0.2) is 77.1 Å². The molecular weight excluding hydrogens is 354 g/mol. The number of sulfonamides is 1. The molecule has 1 N–H and O–H groups in total. The third-order valence-electron chi connectivity index (χ3n) is 4.88. The number of ether oxygens (including phenoxy) is 1. The van der Waals surface area contributed by atoms with Crippen molar-refractivity contribution in [3.05, 3.63) is 29.8 Å². The first kappa shape index (κ1) is 19.3. The van der Waals surface area contributed by atoms with Gasteiger partial charge >= 0.3 is 0 Å². The maximum atomic E-state index is 12.6. The number of benzene rings is 1. The molecule has 1 amide bonds. The molecule has 144 valence electrons. The zero-order valence-corrected chi connectivity index (χ0v) is 16.0. The Labute approximate surface area is 155 Å². The largest absolute Gasteiger partial charge is 0.383 e. The lowest BCUT2D eigenvalue weighted by molar-refractivity contribution is 0.0632. The second kappa shape index (κ2) is 8.47. The minimum Gasteiger partial charge on any atom is -0.383 e. The van der Waals surface area contributed by atoms with E-state index >= 15 is 0 Å². The van der Waals surface area contributed by atoms with Crippen molar-refractivity contribution in [1.82, 2.24) is 14.5 Å². The van der Waals surface area contributed by atoms with Crippen molar-refractivity contribution in [1.29, 1.82) is 0 Å². The van der Waals surface area contributed by atoms with Crippen LogP contribution in [-0.2, 0) is 14.8 Å². The lowest BCUT2D eigenvalue weighted by Gasteiger charge is -2.34. The molecule has 7 nitrogen and oxygen atoms in total. The minimum atomic E-state index is -3.57. The van der Waals surface area contributed by atoms with Crippen LogP contribution in [0.3, 0.4) is 0 Å². The number of carbonyl (C=O) groups excluding carboxylic acids is 1. The summed E-state index contributed by atoms with van der Waals surface area (Å²) < 4.78 is 31.6. The lowest BCUT2D eigenvalue weighted by Crippen LogP contribution is -2.49. The fraction of sp³-hybridized carbons (Fsp3) is 0.611. The number of carbonyl (C=O) groups is 1. The predicted molar refractivity (Wildman–Crippen MR) is 98.6 cm³/mol. The second-order valence-corrected chi connectivity index (χ2v) is 8.72. The van der Waals surface area contributed by atoms with E-state index in [1.807, 2.05) is 4.90 Å². The summed E-state index contributed by atoms with van der Waals surface area (Å²) in [6.07, 6.45) is 2.68. The molecule has 1 aromatic rings. The molecular formula is C18H27N3O4S.